The van der Waals surface area contributed by atoms with Crippen LogP contribution >= 0.6 is 0 Å². The first kappa shape index (κ1) is 13.8. The third-order valence-corrected chi connectivity index (χ3v) is 3.84. The average molecular weight is 293 g/mol. The van der Waals surface area contributed by atoms with Crippen LogP contribution < -0.4 is 10.5 Å². The van der Waals surface area contributed by atoms with Crippen LogP contribution in [-0.4, -0.2) is 24.5 Å². The number of hydrogen-bond donors (Lipinski definition) is 3. The van der Waals surface area contributed by atoms with Gasteiger partial charge in [-0.1, -0.05) is 6.07 Å². The smallest absolute Gasteiger partial charge is 0.337 e. The number of benzene rings is 1. The summed E-state index contributed by atoms with van der Waals surface area (Å²) >= 11 is 0. The summed E-state index contributed by atoms with van der Waals surface area (Å²) in [4.78, 5) is 14.6. The fraction of sp³-hybridized carbons (Fsp3) is 0. The van der Waals surface area contributed by atoms with Crippen LogP contribution in [0.4, 0.5) is 11.5 Å². The first-order chi connectivity index (χ1) is 9.40. The first-order valence-electron chi connectivity index (χ1n) is 5.47. The standard InChI is InChI=1S/C12H11N3O4S/c13-8-4-5-10(9(7-8)12(16)17)20(18,19)15-11-3-1-2-6-14-11/h1-7H,13H2,(H,14,15)(H,16,17). The van der Waals surface area contributed by atoms with Crippen molar-refractivity contribution in [2.24, 2.45) is 0 Å². The van der Waals surface area contributed by atoms with E-state index in [0.717, 1.165) is 12.1 Å². The average Bonchev–Trinajstić information content (AvgIpc) is 2.38. The lowest BCUT2D eigenvalue weighted by Gasteiger charge is -2.10. The van der Waals surface area contributed by atoms with Crippen LogP contribution in [0, 0.1) is 0 Å². The maximum absolute atomic E-state index is 12.2. The Morgan fingerprint density at radius 1 is 1.25 bits per heavy atom. The van der Waals surface area contributed by atoms with Crippen molar-refractivity contribution in [3.8, 4) is 0 Å². The Bertz CT molecular complexity index is 745. The summed E-state index contributed by atoms with van der Waals surface area (Å²) in [7, 11) is -4.05. The number of nitrogens with zero attached hydrogens (tertiary/aromatic N) is 1. The largest absolute Gasteiger partial charge is 0.478 e. The molecular formula is C12H11N3O4S. The summed E-state index contributed by atoms with van der Waals surface area (Å²) in [6.07, 6.45) is 1.42. The van der Waals surface area contributed by atoms with Crippen LogP contribution in [0.25, 0.3) is 0 Å². The van der Waals surface area contributed by atoms with Crippen molar-refractivity contribution in [1.29, 1.82) is 0 Å². The molecule has 0 aliphatic carbocycles. The highest BCUT2D eigenvalue weighted by Crippen LogP contribution is 2.21. The van der Waals surface area contributed by atoms with Gasteiger partial charge in [0, 0.05) is 11.9 Å². The molecule has 0 amide bonds. The number of aromatic nitrogens is 1. The highest BCUT2D eigenvalue weighted by molar-refractivity contribution is 7.92. The monoisotopic (exact) mass is 293 g/mol. The number of nitrogens with one attached hydrogen (secondary N) is 1. The van der Waals surface area contributed by atoms with E-state index in [0.29, 0.717) is 0 Å². The minimum absolute atomic E-state index is 0.0978. The number of carboxylic acid groups (broad SMARTS) is 1. The SMILES string of the molecule is Nc1ccc(S(=O)(=O)Nc2ccccn2)c(C(=O)O)c1. The van der Waals surface area contributed by atoms with Crippen molar-refractivity contribution in [1.82, 2.24) is 4.98 Å². The molecule has 0 fully saturated rings. The van der Waals surface area contributed by atoms with Crippen molar-refractivity contribution < 1.29 is 18.3 Å². The zero-order valence-corrected chi connectivity index (χ0v) is 11.0. The van der Waals surface area contributed by atoms with E-state index in [1.165, 1.54) is 18.3 Å². The van der Waals surface area contributed by atoms with Gasteiger partial charge in [0.05, 0.1) is 5.56 Å². The maximum Gasteiger partial charge on any atom is 0.337 e. The number of rotatable bonds is 4. The van der Waals surface area contributed by atoms with Gasteiger partial charge in [0.15, 0.2) is 0 Å². The number of anilines is 2. The minimum atomic E-state index is -4.05. The Morgan fingerprint density at radius 2 is 2.00 bits per heavy atom. The molecule has 1 aromatic carbocycles. The Balaban J connectivity index is 2.47. The number of carboxylic acids is 1. The summed E-state index contributed by atoms with van der Waals surface area (Å²) in [6, 6.07) is 8.24. The molecule has 0 unspecified atom stereocenters. The molecule has 20 heavy (non-hydrogen) atoms. The zero-order valence-electron chi connectivity index (χ0n) is 10.1. The Hall–Kier alpha value is -2.61. The maximum atomic E-state index is 12.2. The molecule has 0 bridgehead atoms. The first-order valence-corrected chi connectivity index (χ1v) is 6.95. The van der Waals surface area contributed by atoms with E-state index in [-0.39, 0.29) is 16.4 Å². The molecule has 104 valence electrons. The molecule has 4 N–H and O–H groups in total. The molecule has 0 spiro atoms. The number of sulfonamides is 1. The van der Waals surface area contributed by atoms with Crippen molar-refractivity contribution in [2.45, 2.75) is 4.90 Å². The van der Waals surface area contributed by atoms with Crippen molar-refractivity contribution in [2.75, 3.05) is 10.5 Å². The van der Waals surface area contributed by atoms with Crippen LogP contribution in [-0.2, 0) is 10.0 Å². The van der Waals surface area contributed by atoms with Crippen LogP contribution in [0.2, 0.25) is 0 Å². The Morgan fingerprint density at radius 3 is 2.60 bits per heavy atom. The molecule has 0 atom stereocenters. The number of hydrogen-bond acceptors (Lipinski definition) is 5. The molecule has 0 aliphatic heterocycles. The second-order valence-electron chi connectivity index (χ2n) is 3.88. The summed E-state index contributed by atoms with van der Waals surface area (Å²) in [5, 5.41) is 9.06. The molecule has 0 saturated heterocycles. The predicted molar refractivity (Wildman–Crippen MR) is 72.9 cm³/mol. The van der Waals surface area contributed by atoms with Crippen LogP contribution in [0.3, 0.4) is 0 Å². The number of nitrogens with two attached hydrogens (primary N) is 1. The van der Waals surface area contributed by atoms with E-state index < -0.39 is 21.6 Å². The third kappa shape index (κ3) is 2.86. The number of aromatic carboxylic acids is 1. The second-order valence-corrected chi connectivity index (χ2v) is 5.53. The molecule has 8 heteroatoms. The lowest BCUT2D eigenvalue weighted by molar-refractivity contribution is 0.0692. The molecule has 0 aliphatic rings. The van der Waals surface area contributed by atoms with Gasteiger partial charge < -0.3 is 10.8 Å². The van der Waals surface area contributed by atoms with E-state index >= 15 is 0 Å². The topological polar surface area (TPSA) is 122 Å². The third-order valence-electron chi connectivity index (χ3n) is 2.43. The highest BCUT2D eigenvalue weighted by atomic mass is 32.2. The van der Waals surface area contributed by atoms with E-state index in [4.69, 9.17) is 10.8 Å². The van der Waals surface area contributed by atoms with Gasteiger partial charge in [-0.3, -0.25) is 4.72 Å². The van der Waals surface area contributed by atoms with E-state index in [1.807, 2.05) is 0 Å². The van der Waals surface area contributed by atoms with Crippen molar-refractivity contribution in [3.63, 3.8) is 0 Å². The zero-order chi connectivity index (χ0) is 14.8. The van der Waals surface area contributed by atoms with Gasteiger partial charge in [-0.25, -0.2) is 18.2 Å². The number of nitrogen functional groups attached to an aromatic ring is 1. The van der Waals surface area contributed by atoms with E-state index in [2.05, 4.69) is 9.71 Å². The lowest BCUT2D eigenvalue weighted by Crippen LogP contribution is -2.17. The van der Waals surface area contributed by atoms with Crippen LogP contribution in [0.15, 0.2) is 47.5 Å². The molecule has 7 nitrogen and oxygen atoms in total. The molecule has 0 radical (unpaired) electrons. The normalized spacial score (nSPS) is 11.0. The lowest BCUT2D eigenvalue weighted by atomic mass is 10.2. The fourth-order valence-corrected chi connectivity index (χ4v) is 2.75. The second kappa shape index (κ2) is 5.17. The summed E-state index contributed by atoms with van der Waals surface area (Å²) < 4.78 is 26.6. The Kier molecular flexibility index (Phi) is 3.57. The van der Waals surface area contributed by atoms with Gasteiger partial charge in [-0.2, -0.15) is 0 Å². The molecular weight excluding hydrogens is 282 g/mol. The molecule has 1 aromatic heterocycles. The predicted octanol–water partition coefficient (Wildman–Crippen LogP) is 1.16. The molecule has 0 saturated carbocycles. The van der Waals surface area contributed by atoms with Gasteiger partial charge in [-0.05, 0) is 30.3 Å². The molecule has 2 aromatic rings. The van der Waals surface area contributed by atoms with Gasteiger partial charge in [0.25, 0.3) is 10.0 Å². The Labute approximate surface area is 115 Å². The summed E-state index contributed by atoms with van der Waals surface area (Å²) in [5.74, 6) is -1.28. The quantitative estimate of drug-likeness (QED) is 0.727. The highest BCUT2D eigenvalue weighted by Gasteiger charge is 2.22. The molecule has 1 heterocycles. The fourth-order valence-electron chi connectivity index (χ4n) is 1.56. The van der Waals surface area contributed by atoms with Gasteiger partial charge in [-0.15, -0.1) is 0 Å². The van der Waals surface area contributed by atoms with Crippen LogP contribution in [0.1, 0.15) is 10.4 Å². The summed E-state index contributed by atoms with van der Waals surface area (Å²) in [5.41, 5.74) is 5.24. The van der Waals surface area contributed by atoms with E-state index in [9.17, 15) is 13.2 Å². The van der Waals surface area contributed by atoms with Crippen molar-refractivity contribution in [3.05, 3.63) is 48.2 Å². The number of pyridine rings is 1. The molecule has 2 rings (SSSR count). The van der Waals surface area contributed by atoms with Gasteiger partial charge in [0.2, 0.25) is 0 Å². The van der Waals surface area contributed by atoms with Crippen molar-refractivity contribution >= 4 is 27.5 Å². The van der Waals surface area contributed by atoms with E-state index in [1.54, 1.807) is 12.1 Å². The minimum Gasteiger partial charge on any atom is -0.478 e. The van der Waals surface area contributed by atoms with Crippen LogP contribution in [0.5, 0.6) is 0 Å². The summed E-state index contributed by atoms with van der Waals surface area (Å²) in [6.45, 7) is 0. The van der Waals surface area contributed by atoms with Gasteiger partial charge >= 0.3 is 5.97 Å². The number of carbonyl (C=O) groups is 1. The van der Waals surface area contributed by atoms with Gasteiger partial charge in [0.1, 0.15) is 10.7 Å².